The Morgan fingerprint density at radius 2 is 1.73 bits per heavy atom. The minimum Gasteiger partial charge on any atom is -0.508 e. The van der Waals surface area contributed by atoms with Gasteiger partial charge in [0.05, 0.1) is 14.2 Å². The summed E-state index contributed by atoms with van der Waals surface area (Å²) in [5.74, 6) is 1.76. The molecule has 0 atom stereocenters. The van der Waals surface area contributed by atoms with Gasteiger partial charge < -0.3 is 14.6 Å². The van der Waals surface area contributed by atoms with Gasteiger partial charge in [0.2, 0.25) is 0 Å². The summed E-state index contributed by atoms with van der Waals surface area (Å²) in [6, 6.07) is 11.3. The van der Waals surface area contributed by atoms with Gasteiger partial charge >= 0.3 is 0 Å². The van der Waals surface area contributed by atoms with Crippen molar-refractivity contribution in [2.45, 2.75) is 12.8 Å². The average molecular weight is 297 g/mol. The minimum atomic E-state index is 0.279. The van der Waals surface area contributed by atoms with E-state index in [4.69, 9.17) is 9.47 Å². The molecule has 0 unspecified atom stereocenters. The van der Waals surface area contributed by atoms with Gasteiger partial charge in [-0.2, -0.15) is 0 Å². The Balaban J connectivity index is 1.95. The number of phenols is 1. The SMILES string of the molecule is COc1cc2c(cc1OC)C(Cc1ccc(O)cc1)=NCC2. The number of hydrogen-bond donors (Lipinski definition) is 1. The third-order valence-electron chi connectivity index (χ3n) is 3.91. The lowest BCUT2D eigenvalue weighted by Gasteiger charge is -2.20. The average Bonchev–Trinajstić information content (AvgIpc) is 2.56. The molecule has 1 N–H and O–H groups in total. The first-order valence-electron chi connectivity index (χ1n) is 7.27. The lowest BCUT2D eigenvalue weighted by atomic mass is 9.93. The van der Waals surface area contributed by atoms with Crippen molar-refractivity contribution in [2.24, 2.45) is 4.99 Å². The first-order chi connectivity index (χ1) is 10.7. The quantitative estimate of drug-likeness (QED) is 0.944. The molecule has 0 radical (unpaired) electrons. The number of aliphatic imine (C=N–C) groups is 1. The van der Waals surface area contributed by atoms with Crippen LogP contribution < -0.4 is 9.47 Å². The van der Waals surface area contributed by atoms with Crippen LogP contribution in [0.15, 0.2) is 41.4 Å². The summed E-state index contributed by atoms with van der Waals surface area (Å²) in [6.45, 7) is 0.788. The Bertz CT molecular complexity index is 705. The first-order valence-corrected chi connectivity index (χ1v) is 7.27. The molecule has 4 heteroatoms. The van der Waals surface area contributed by atoms with Crippen molar-refractivity contribution in [1.29, 1.82) is 0 Å². The van der Waals surface area contributed by atoms with Crippen molar-refractivity contribution >= 4 is 5.71 Å². The van der Waals surface area contributed by atoms with E-state index in [1.807, 2.05) is 24.3 Å². The number of ether oxygens (including phenoxy) is 2. The van der Waals surface area contributed by atoms with Crippen LogP contribution in [-0.2, 0) is 12.8 Å². The Morgan fingerprint density at radius 3 is 2.41 bits per heavy atom. The Morgan fingerprint density at radius 1 is 1.05 bits per heavy atom. The smallest absolute Gasteiger partial charge is 0.161 e. The van der Waals surface area contributed by atoms with Crippen LogP contribution in [0.5, 0.6) is 17.2 Å². The van der Waals surface area contributed by atoms with Crippen molar-refractivity contribution < 1.29 is 14.6 Å². The molecule has 0 aliphatic carbocycles. The molecule has 2 aromatic carbocycles. The lowest BCUT2D eigenvalue weighted by Crippen LogP contribution is -2.16. The molecule has 0 amide bonds. The summed E-state index contributed by atoms with van der Waals surface area (Å²) in [5, 5.41) is 9.39. The van der Waals surface area contributed by atoms with E-state index >= 15 is 0 Å². The maximum absolute atomic E-state index is 9.39. The maximum atomic E-state index is 9.39. The maximum Gasteiger partial charge on any atom is 0.161 e. The van der Waals surface area contributed by atoms with E-state index in [-0.39, 0.29) is 5.75 Å². The zero-order valence-electron chi connectivity index (χ0n) is 12.8. The second kappa shape index (κ2) is 6.10. The van der Waals surface area contributed by atoms with Gasteiger partial charge in [-0.3, -0.25) is 4.99 Å². The van der Waals surface area contributed by atoms with Gasteiger partial charge in [-0.05, 0) is 41.8 Å². The van der Waals surface area contributed by atoms with Crippen LogP contribution in [0.2, 0.25) is 0 Å². The van der Waals surface area contributed by atoms with E-state index in [0.717, 1.165) is 47.7 Å². The van der Waals surface area contributed by atoms with Gasteiger partial charge in [0, 0.05) is 24.2 Å². The zero-order chi connectivity index (χ0) is 15.5. The molecule has 1 aliphatic rings. The highest BCUT2D eigenvalue weighted by Crippen LogP contribution is 2.33. The zero-order valence-corrected chi connectivity index (χ0v) is 12.8. The van der Waals surface area contributed by atoms with E-state index in [9.17, 15) is 5.11 Å². The second-order valence-corrected chi connectivity index (χ2v) is 5.29. The van der Waals surface area contributed by atoms with Gasteiger partial charge in [-0.25, -0.2) is 0 Å². The number of nitrogens with zero attached hydrogens (tertiary/aromatic N) is 1. The third kappa shape index (κ3) is 2.77. The monoisotopic (exact) mass is 297 g/mol. The largest absolute Gasteiger partial charge is 0.508 e. The lowest BCUT2D eigenvalue weighted by molar-refractivity contribution is 0.354. The van der Waals surface area contributed by atoms with E-state index in [1.165, 1.54) is 5.56 Å². The number of aromatic hydroxyl groups is 1. The molecule has 2 aromatic rings. The van der Waals surface area contributed by atoms with Crippen LogP contribution in [0.1, 0.15) is 16.7 Å². The molecule has 0 aromatic heterocycles. The molecule has 4 nitrogen and oxygen atoms in total. The molecular formula is C18H19NO3. The highest BCUT2D eigenvalue weighted by atomic mass is 16.5. The first kappa shape index (κ1) is 14.4. The number of benzene rings is 2. The van der Waals surface area contributed by atoms with E-state index in [0.29, 0.717) is 0 Å². The molecule has 0 fully saturated rings. The fourth-order valence-corrected chi connectivity index (χ4v) is 2.75. The van der Waals surface area contributed by atoms with Crippen LogP contribution in [-0.4, -0.2) is 31.6 Å². The fourth-order valence-electron chi connectivity index (χ4n) is 2.75. The predicted molar refractivity (Wildman–Crippen MR) is 86.5 cm³/mol. The summed E-state index contributed by atoms with van der Waals surface area (Å²) in [7, 11) is 3.29. The van der Waals surface area contributed by atoms with E-state index < -0.39 is 0 Å². The molecule has 1 heterocycles. The Labute approximate surface area is 130 Å². The summed E-state index contributed by atoms with van der Waals surface area (Å²) in [4.78, 5) is 4.68. The number of methoxy groups -OCH3 is 2. The summed E-state index contributed by atoms with van der Waals surface area (Å²) in [5.41, 5.74) is 4.53. The topological polar surface area (TPSA) is 51.0 Å². The van der Waals surface area contributed by atoms with Crippen molar-refractivity contribution in [2.75, 3.05) is 20.8 Å². The Hall–Kier alpha value is -2.49. The van der Waals surface area contributed by atoms with Crippen molar-refractivity contribution in [1.82, 2.24) is 0 Å². The van der Waals surface area contributed by atoms with Gasteiger partial charge in [0.1, 0.15) is 5.75 Å². The number of phenolic OH excluding ortho intramolecular Hbond substituents is 1. The molecule has 0 spiro atoms. The highest BCUT2D eigenvalue weighted by Gasteiger charge is 2.18. The van der Waals surface area contributed by atoms with Crippen molar-refractivity contribution in [3.8, 4) is 17.2 Å². The number of hydrogen-bond acceptors (Lipinski definition) is 4. The fraction of sp³-hybridized carbons (Fsp3) is 0.278. The van der Waals surface area contributed by atoms with Gasteiger partial charge in [-0.15, -0.1) is 0 Å². The summed E-state index contributed by atoms with van der Waals surface area (Å²) < 4.78 is 10.8. The second-order valence-electron chi connectivity index (χ2n) is 5.29. The summed E-state index contributed by atoms with van der Waals surface area (Å²) in [6.07, 6.45) is 1.65. The number of rotatable bonds is 4. The van der Waals surface area contributed by atoms with Crippen LogP contribution in [0.25, 0.3) is 0 Å². The van der Waals surface area contributed by atoms with Crippen molar-refractivity contribution in [3.05, 3.63) is 53.1 Å². The molecule has 0 saturated heterocycles. The third-order valence-corrected chi connectivity index (χ3v) is 3.91. The van der Waals surface area contributed by atoms with Gasteiger partial charge in [0.15, 0.2) is 11.5 Å². The molecule has 1 aliphatic heterocycles. The minimum absolute atomic E-state index is 0.279. The molecular weight excluding hydrogens is 278 g/mol. The van der Waals surface area contributed by atoms with Gasteiger partial charge in [-0.1, -0.05) is 12.1 Å². The standard InChI is InChI=1S/C18H19NO3/c1-21-17-10-13-7-8-19-16(15(13)11-18(17)22-2)9-12-3-5-14(20)6-4-12/h3-6,10-11,20H,7-9H2,1-2H3. The molecule has 22 heavy (non-hydrogen) atoms. The van der Waals surface area contributed by atoms with Crippen LogP contribution >= 0.6 is 0 Å². The summed E-state index contributed by atoms with van der Waals surface area (Å²) >= 11 is 0. The van der Waals surface area contributed by atoms with Crippen molar-refractivity contribution in [3.63, 3.8) is 0 Å². The van der Waals surface area contributed by atoms with Crippen LogP contribution in [0.3, 0.4) is 0 Å². The predicted octanol–water partition coefficient (Wildman–Crippen LogP) is 3.00. The molecule has 0 bridgehead atoms. The normalized spacial score (nSPS) is 13.3. The highest BCUT2D eigenvalue weighted by molar-refractivity contribution is 6.04. The van der Waals surface area contributed by atoms with E-state index in [1.54, 1.807) is 26.4 Å². The Kier molecular flexibility index (Phi) is 4.00. The molecule has 3 rings (SSSR count). The molecule has 0 saturated carbocycles. The van der Waals surface area contributed by atoms with Gasteiger partial charge in [0.25, 0.3) is 0 Å². The van der Waals surface area contributed by atoms with Crippen LogP contribution in [0, 0.1) is 0 Å². The van der Waals surface area contributed by atoms with Crippen LogP contribution in [0.4, 0.5) is 0 Å². The molecule has 114 valence electrons. The number of fused-ring (bicyclic) bond motifs is 1. The van der Waals surface area contributed by atoms with E-state index in [2.05, 4.69) is 4.99 Å².